The average molecular weight is 334 g/mol. The molecule has 0 saturated heterocycles. The number of nitro benzene ring substituents is 1. The SMILES string of the molecule is Nc1cc(-c2nc3ccc([N+](=O)[O-])cc3o2)ccc1Br. The zero-order valence-electron chi connectivity index (χ0n) is 10.0. The van der Waals surface area contributed by atoms with E-state index in [9.17, 15) is 10.1 Å². The van der Waals surface area contributed by atoms with Gasteiger partial charge in [-0.05, 0) is 40.2 Å². The highest BCUT2D eigenvalue weighted by Gasteiger charge is 2.13. The van der Waals surface area contributed by atoms with Crippen LogP contribution in [0.15, 0.2) is 45.3 Å². The molecule has 0 radical (unpaired) electrons. The predicted molar refractivity (Wildman–Crippen MR) is 78.2 cm³/mol. The molecule has 3 aromatic rings. The third-order valence-electron chi connectivity index (χ3n) is 2.83. The van der Waals surface area contributed by atoms with Crippen molar-refractivity contribution in [1.82, 2.24) is 4.98 Å². The lowest BCUT2D eigenvalue weighted by molar-refractivity contribution is -0.384. The van der Waals surface area contributed by atoms with E-state index in [1.54, 1.807) is 24.3 Å². The van der Waals surface area contributed by atoms with Gasteiger partial charge in [-0.15, -0.1) is 0 Å². The Morgan fingerprint density at radius 1 is 1.25 bits per heavy atom. The number of non-ortho nitro benzene ring substituents is 1. The molecule has 0 unspecified atom stereocenters. The number of nitrogens with zero attached hydrogens (tertiary/aromatic N) is 2. The molecule has 100 valence electrons. The van der Waals surface area contributed by atoms with Crippen molar-refractivity contribution in [3.05, 3.63) is 51.0 Å². The van der Waals surface area contributed by atoms with E-state index in [4.69, 9.17) is 10.2 Å². The molecule has 0 amide bonds. The zero-order valence-corrected chi connectivity index (χ0v) is 11.6. The van der Waals surface area contributed by atoms with Gasteiger partial charge in [0.05, 0.1) is 11.0 Å². The summed E-state index contributed by atoms with van der Waals surface area (Å²) in [7, 11) is 0. The van der Waals surface area contributed by atoms with Crippen molar-refractivity contribution in [3.8, 4) is 11.5 Å². The zero-order chi connectivity index (χ0) is 14.3. The molecule has 20 heavy (non-hydrogen) atoms. The summed E-state index contributed by atoms with van der Waals surface area (Å²) in [6, 6.07) is 9.63. The van der Waals surface area contributed by atoms with E-state index in [0.717, 1.165) is 4.47 Å². The molecule has 1 aromatic heterocycles. The lowest BCUT2D eigenvalue weighted by Crippen LogP contribution is -1.87. The number of halogens is 1. The van der Waals surface area contributed by atoms with Crippen molar-refractivity contribution < 1.29 is 9.34 Å². The lowest BCUT2D eigenvalue weighted by Gasteiger charge is -1.99. The molecule has 3 rings (SSSR count). The third kappa shape index (κ3) is 2.12. The van der Waals surface area contributed by atoms with Gasteiger partial charge in [-0.2, -0.15) is 0 Å². The number of aromatic nitrogens is 1. The molecule has 0 aliphatic rings. The summed E-state index contributed by atoms with van der Waals surface area (Å²) in [5.74, 6) is 0.375. The van der Waals surface area contributed by atoms with Gasteiger partial charge < -0.3 is 10.2 Å². The standard InChI is InChI=1S/C13H8BrN3O3/c14-9-3-1-7(5-10(9)15)13-16-11-4-2-8(17(18)19)6-12(11)20-13/h1-6H,15H2. The second-order valence-corrected chi connectivity index (χ2v) is 5.02. The first-order chi connectivity index (χ1) is 9.54. The molecule has 2 N–H and O–H groups in total. The van der Waals surface area contributed by atoms with Crippen LogP contribution in [0.2, 0.25) is 0 Å². The monoisotopic (exact) mass is 333 g/mol. The Hall–Kier alpha value is -2.41. The van der Waals surface area contributed by atoms with Gasteiger partial charge in [-0.25, -0.2) is 4.98 Å². The molecule has 2 aromatic carbocycles. The molecule has 0 aliphatic carbocycles. The van der Waals surface area contributed by atoms with Crippen LogP contribution in [0.1, 0.15) is 0 Å². The predicted octanol–water partition coefficient (Wildman–Crippen LogP) is 3.75. The van der Waals surface area contributed by atoms with Crippen molar-refractivity contribution in [2.75, 3.05) is 5.73 Å². The molecule has 0 spiro atoms. The van der Waals surface area contributed by atoms with E-state index in [1.165, 1.54) is 12.1 Å². The number of rotatable bonds is 2. The summed E-state index contributed by atoms with van der Waals surface area (Å²) in [6.45, 7) is 0. The average Bonchev–Trinajstić information content (AvgIpc) is 2.84. The highest BCUT2D eigenvalue weighted by molar-refractivity contribution is 9.10. The number of nitrogen functional groups attached to an aromatic ring is 1. The van der Waals surface area contributed by atoms with Gasteiger partial charge in [-0.3, -0.25) is 10.1 Å². The summed E-state index contributed by atoms with van der Waals surface area (Å²) in [5, 5.41) is 10.7. The maximum Gasteiger partial charge on any atom is 0.273 e. The largest absolute Gasteiger partial charge is 0.436 e. The molecular weight excluding hydrogens is 326 g/mol. The third-order valence-corrected chi connectivity index (χ3v) is 3.55. The number of hydrogen-bond donors (Lipinski definition) is 1. The first-order valence-corrected chi connectivity index (χ1v) is 6.44. The molecule has 1 heterocycles. The molecular formula is C13H8BrN3O3. The van der Waals surface area contributed by atoms with Crippen molar-refractivity contribution >= 4 is 38.4 Å². The number of anilines is 1. The second kappa shape index (κ2) is 4.61. The van der Waals surface area contributed by atoms with Crippen LogP contribution < -0.4 is 5.73 Å². The molecule has 0 atom stereocenters. The summed E-state index contributed by atoms with van der Waals surface area (Å²) < 4.78 is 6.34. The van der Waals surface area contributed by atoms with E-state index >= 15 is 0 Å². The van der Waals surface area contributed by atoms with E-state index in [1.807, 2.05) is 0 Å². The highest BCUT2D eigenvalue weighted by atomic mass is 79.9. The Kier molecular flexibility index (Phi) is 2.90. The maximum atomic E-state index is 10.7. The van der Waals surface area contributed by atoms with Crippen LogP contribution in [0.3, 0.4) is 0 Å². The van der Waals surface area contributed by atoms with Gasteiger partial charge >= 0.3 is 0 Å². The van der Waals surface area contributed by atoms with Crippen LogP contribution >= 0.6 is 15.9 Å². The van der Waals surface area contributed by atoms with E-state index < -0.39 is 4.92 Å². The van der Waals surface area contributed by atoms with Crippen LogP contribution in [0, 0.1) is 10.1 Å². The summed E-state index contributed by atoms with van der Waals surface area (Å²) in [5.41, 5.74) is 7.99. The van der Waals surface area contributed by atoms with Crippen LogP contribution in [0.4, 0.5) is 11.4 Å². The number of benzene rings is 2. The minimum Gasteiger partial charge on any atom is -0.436 e. The van der Waals surface area contributed by atoms with Crippen molar-refractivity contribution in [2.24, 2.45) is 0 Å². The van der Waals surface area contributed by atoms with E-state index in [2.05, 4.69) is 20.9 Å². The van der Waals surface area contributed by atoms with Gasteiger partial charge in [0.15, 0.2) is 5.58 Å². The van der Waals surface area contributed by atoms with Crippen LogP contribution in [-0.4, -0.2) is 9.91 Å². The Balaban J connectivity index is 2.12. The molecule has 7 heteroatoms. The van der Waals surface area contributed by atoms with E-state index in [0.29, 0.717) is 28.2 Å². The van der Waals surface area contributed by atoms with Crippen LogP contribution in [0.25, 0.3) is 22.6 Å². The number of fused-ring (bicyclic) bond motifs is 1. The number of nitro groups is 1. The van der Waals surface area contributed by atoms with Gasteiger partial charge in [0, 0.05) is 21.8 Å². The summed E-state index contributed by atoms with van der Waals surface area (Å²) >= 11 is 3.31. The Morgan fingerprint density at radius 2 is 2.05 bits per heavy atom. The quantitative estimate of drug-likeness (QED) is 0.437. The first-order valence-electron chi connectivity index (χ1n) is 5.65. The normalized spacial score (nSPS) is 10.8. The van der Waals surface area contributed by atoms with Gasteiger partial charge in [0.25, 0.3) is 5.69 Å². The van der Waals surface area contributed by atoms with Gasteiger partial charge in [0.1, 0.15) is 5.52 Å². The molecule has 0 aliphatic heterocycles. The topological polar surface area (TPSA) is 95.2 Å². The van der Waals surface area contributed by atoms with Crippen LogP contribution in [-0.2, 0) is 0 Å². The molecule has 0 saturated carbocycles. The lowest BCUT2D eigenvalue weighted by atomic mass is 10.2. The minimum absolute atomic E-state index is 0.0319. The Labute approximate surface area is 121 Å². The Morgan fingerprint density at radius 3 is 2.75 bits per heavy atom. The Bertz CT molecular complexity index is 829. The smallest absolute Gasteiger partial charge is 0.273 e. The van der Waals surface area contributed by atoms with Gasteiger partial charge in [-0.1, -0.05) is 0 Å². The van der Waals surface area contributed by atoms with Crippen molar-refractivity contribution in [2.45, 2.75) is 0 Å². The van der Waals surface area contributed by atoms with Crippen molar-refractivity contribution in [1.29, 1.82) is 0 Å². The fraction of sp³-hybridized carbons (Fsp3) is 0. The van der Waals surface area contributed by atoms with Crippen molar-refractivity contribution in [3.63, 3.8) is 0 Å². The second-order valence-electron chi connectivity index (χ2n) is 4.16. The fourth-order valence-electron chi connectivity index (χ4n) is 1.83. The fourth-order valence-corrected chi connectivity index (χ4v) is 2.07. The van der Waals surface area contributed by atoms with Crippen LogP contribution in [0.5, 0.6) is 0 Å². The number of hydrogen-bond acceptors (Lipinski definition) is 5. The summed E-state index contributed by atoms with van der Waals surface area (Å²) in [4.78, 5) is 14.5. The molecule has 0 bridgehead atoms. The molecule has 0 fully saturated rings. The van der Waals surface area contributed by atoms with E-state index in [-0.39, 0.29) is 5.69 Å². The highest BCUT2D eigenvalue weighted by Crippen LogP contribution is 2.30. The number of oxazole rings is 1. The summed E-state index contributed by atoms with van der Waals surface area (Å²) in [6.07, 6.45) is 0. The van der Waals surface area contributed by atoms with Gasteiger partial charge in [0.2, 0.25) is 5.89 Å². The molecule has 6 nitrogen and oxygen atoms in total. The minimum atomic E-state index is -0.473. The maximum absolute atomic E-state index is 10.7. The first kappa shape index (κ1) is 12.6. The number of nitrogens with two attached hydrogens (primary N) is 1.